The number of carbonyl (C=O) groups is 2. The van der Waals surface area contributed by atoms with Crippen LogP contribution in [0.15, 0.2) is 30.5 Å². The van der Waals surface area contributed by atoms with Crippen LogP contribution in [0, 0.1) is 5.92 Å². The summed E-state index contributed by atoms with van der Waals surface area (Å²) in [5.74, 6) is -0.109. The van der Waals surface area contributed by atoms with E-state index < -0.39 is 30.3 Å². The number of aromatic nitrogens is 1. The number of methoxy groups -OCH3 is 1. The lowest BCUT2D eigenvalue weighted by Gasteiger charge is -2.31. The molecule has 202 valence electrons. The molecule has 1 saturated carbocycles. The third-order valence-corrected chi connectivity index (χ3v) is 6.86. The van der Waals surface area contributed by atoms with Crippen LogP contribution in [0.25, 0.3) is 11.1 Å². The first-order valence-electron chi connectivity index (χ1n) is 12.8. The maximum atomic E-state index is 11.9. The number of aromatic hydroxyl groups is 1. The summed E-state index contributed by atoms with van der Waals surface area (Å²) in [6.07, 6.45) is 5.63. The van der Waals surface area contributed by atoms with E-state index in [0.717, 1.165) is 42.4 Å². The molecule has 1 aromatic heterocycles. The molecule has 9 nitrogen and oxygen atoms in total. The van der Waals surface area contributed by atoms with Crippen molar-refractivity contribution >= 4 is 17.8 Å². The Kier molecular flexibility index (Phi) is 10.1. The van der Waals surface area contributed by atoms with E-state index in [2.05, 4.69) is 4.98 Å². The molecular weight excluding hydrogens is 476 g/mol. The number of hydrogen-bond donors (Lipinski definition) is 3. The van der Waals surface area contributed by atoms with Crippen molar-refractivity contribution in [1.29, 1.82) is 0 Å². The molecular formula is C28H38N2O7. The highest BCUT2D eigenvalue weighted by molar-refractivity contribution is 5.72. The van der Waals surface area contributed by atoms with E-state index in [1.165, 1.54) is 21.0 Å². The third-order valence-electron chi connectivity index (χ3n) is 6.86. The first-order valence-corrected chi connectivity index (χ1v) is 12.8. The minimum Gasteiger partial charge on any atom is -0.504 e. The normalized spacial score (nSPS) is 19.0. The van der Waals surface area contributed by atoms with E-state index in [0.29, 0.717) is 37.3 Å². The van der Waals surface area contributed by atoms with Crippen molar-refractivity contribution < 1.29 is 34.0 Å². The summed E-state index contributed by atoms with van der Waals surface area (Å²) in [6, 6.07) is 6.90. The van der Waals surface area contributed by atoms with Gasteiger partial charge in [-0.1, -0.05) is 12.8 Å². The van der Waals surface area contributed by atoms with Crippen LogP contribution in [-0.2, 0) is 25.5 Å². The molecule has 0 bridgehead atoms. The van der Waals surface area contributed by atoms with Crippen LogP contribution >= 0.6 is 0 Å². The van der Waals surface area contributed by atoms with Crippen molar-refractivity contribution in [3.05, 3.63) is 36.0 Å². The molecule has 2 aromatic rings. The number of carbonyl (C=O) groups excluding carboxylic acids is 2. The highest BCUT2D eigenvalue weighted by Crippen LogP contribution is 2.37. The molecule has 4 N–H and O–H groups in total. The van der Waals surface area contributed by atoms with E-state index in [9.17, 15) is 19.8 Å². The zero-order valence-electron chi connectivity index (χ0n) is 21.8. The van der Waals surface area contributed by atoms with Gasteiger partial charge in [-0.05, 0) is 79.0 Å². The number of phenols is 1. The highest BCUT2D eigenvalue weighted by Gasteiger charge is 2.30. The number of rotatable bonds is 11. The van der Waals surface area contributed by atoms with Gasteiger partial charge in [0.15, 0.2) is 11.5 Å². The quantitative estimate of drug-likeness (QED) is 0.377. The van der Waals surface area contributed by atoms with Crippen molar-refractivity contribution in [2.45, 2.75) is 83.5 Å². The predicted molar refractivity (Wildman–Crippen MR) is 139 cm³/mol. The van der Waals surface area contributed by atoms with Crippen LogP contribution in [0.2, 0.25) is 0 Å². The molecule has 1 fully saturated rings. The molecule has 9 heteroatoms. The van der Waals surface area contributed by atoms with Crippen LogP contribution in [0.4, 0.5) is 5.82 Å². The number of anilines is 1. The van der Waals surface area contributed by atoms with Crippen LogP contribution < -0.4 is 10.5 Å². The number of nitrogens with two attached hydrogens (primary N) is 1. The van der Waals surface area contributed by atoms with Gasteiger partial charge in [0.25, 0.3) is 0 Å². The zero-order chi connectivity index (χ0) is 26.9. The number of nitrogen functional groups attached to an aromatic ring is 1. The smallest absolute Gasteiger partial charge is 0.302 e. The molecule has 3 rings (SSSR count). The number of benzene rings is 1. The van der Waals surface area contributed by atoms with Gasteiger partial charge < -0.3 is 30.2 Å². The Labute approximate surface area is 217 Å². The molecule has 1 aliphatic rings. The molecule has 0 amide bonds. The van der Waals surface area contributed by atoms with Gasteiger partial charge in [-0.25, -0.2) is 4.98 Å². The van der Waals surface area contributed by atoms with Gasteiger partial charge >= 0.3 is 11.9 Å². The van der Waals surface area contributed by atoms with Crippen molar-refractivity contribution in [3.8, 4) is 22.6 Å². The van der Waals surface area contributed by atoms with E-state index in [4.69, 9.17) is 19.9 Å². The van der Waals surface area contributed by atoms with Gasteiger partial charge in [-0.2, -0.15) is 0 Å². The lowest BCUT2D eigenvalue weighted by atomic mass is 9.82. The Morgan fingerprint density at radius 1 is 1.11 bits per heavy atom. The fourth-order valence-electron chi connectivity index (χ4n) is 5.16. The summed E-state index contributed by atoms with van der Waals surface area (Å²) in [4.78, 5) is 27.8. The van der Waals surface area contributed by atoms with Crippen LogP contribution in [-0.4, -0.2) is 52.6 Å². The minimum absolute atomic E-state index is 0.00543. The number of esters is 2. The summed E-state index contributed by atoms with van der Waals surface area (Å²) >= 11 is 0. The standard InChI is InChI=1S/C28H38N2O7/c1-17(31)36-22(15-23(37-18(2)32)12-21-6-4-5-7-25(21)33)9-8-19-13-27(35-3)26(34)16-24(19)20-10-11-30-28(29)14-20/h10-11,13-14,16,21-23,25,33-34H,4-9,12,15H2,1-3H3,(H2,29,30). The number of aryl methyl sites for hydroxylation is 1. The molecule has 4 atom stereocenters. The first-order chi connectivity index (χ1) is 17.7. The largest absolute Gasteiger partial charge is 0.504 e. The topological polar surface area (TPSA) is 141 Å². The van der Waals surface area contributed by atoms with E-state index in [-0.39, 0.29) is 11.7 Å². The molecule has 1 aromatic carbocycles. The first kappa shape index (κ1) is 28.2. The zero-order valence-corrected chi connectivity index (χ0v) is 21.8. The third kappa shape index (κ3) is 8.35. The average molecular weight is 515 g/mol. The molecule has 0 aliphatic heterocycles. The van der Waals surface area contributed by atoms with Gasteiger partial charge in [0.05, 0.1) is 13.2 Å². The SMILES string of the molecule is COc1cc(CCC(CC(CC2CCCCC2O)OC(C)=O)OC(C)=O)c(-c2ccnc(N)c2)cc1O. The fraction of sp³-hybridized carbons (Fsp3) is 0.536. The molecule has 4 unspecified atom stereocenters. The number of aliphatic hydroxyl groups is 1. The predicted octanol–water partition coefficient (Wildman–Crippen LogP) is 4.17. The molecule has 0 saturated heterocycles. The summed E-state index contributed by atoms with van der Waals surface area (Å²) in [5.41, 5.74) is 8.29. The maximum absolute atomic E-state index is 11.9. The van der Waals surface area contributed by atoms with E-state index in [1.54, 1.807) is 30.5 Å². The van der Waals surface area contributed by atoms with Crippen LogP contribution in [0.1, 0.15) is 64.4 Å². The Morgan fingerprint density at radius 3 is 2.46 bits per heavy atom. The second-order valence-electron chi connectivity index (χ2n) is 9.74. The molecule has 1 heterocycles. The van der Waals surface area contributed by atoms with Crippen molar-refractivity contribution in [1.82, 2.24) is 4.98 Å². The maximum Gasteiger partial charge on any atom is 0.302 e. The lowest BCUT2D eigenvalue weighted by molar-refractivity contribution is -0.154. The van der Waals surface area contributed by atoms with Gasteiger partial charge in [0.2, 0.25) is 0 Å². The number of nitrogens with zero attached hydrogens (tertiary/aromatic N) is 1. The van der Waals surface area contributed by atoms with Crippen LogP contribution in [0.5, 0.6) is 11.5 Å². The summed E-state index contributed by atoms with van der Waals surface area (Å²) in [5, 5.41) is 20.9. The van der Waals surface area contributed by atoms with Gasteiger partial charge in [0.1, 0.15) is 18.0 Å². The lowest BCUT2D eigenvalue weighted by Crippen LogP contribution is -2.33. The van der Waals surface area contributed by atoms with Crippen LogP contribution in [0.3, 0.4) is 0 Å². The number of hydrogen-bond acceptors (Lipinski definition) is 9. The second kappa shape index (κ2) is 13.3. The van der Waals surface area contributed by atoms with Gasteiger partial charge in [-0.15, -0.1) is 0 Å². The Morgan fingerprint density at radius 2 is 1.81 bits per heavy atom. The number of pyridine rings is 1. The molecule has 0 radical (unpaired) electrons. The molecule has 1 aliphatic carbocycles. The summed E-state index contributed by atoms with van der Waals surface area (Å²) < 4.78 is 16.6. The Hall–Kier alpha value is -3.33. The molecule has 37 heavy (non-hydrogen) atoms. The summed E-state index contributed by atoms with van der Waals surface area (Å²) in [7, 11) is 1.48. The van der Waals surface area contributed by atoms with E-state index >= 15 is 0 Å². The Balaban J connectivity index is 1.82. The number of ether oxygens (including phenoxy) is 3. The van der Waals surface area contributed by atoms with Crippen molar-refractivity contribution in [3.63, 3.8) is 0 Å². The fourth-order valence-corrected chi connectivity index (χ4v) is 5.16. The monoisotopic (exact) mass is 514 g/mol. The highest BCUT2D eigenvalue weighted by atomic mass is 16.6. The summed E-state index contributed by atoms with van der Waals surface area (Å²) in [6.45, 7) is 2.72. The van der Waals surface area contributed by atoms with Crippen molar-refractivity contribution in [2.24, 2.45) is 5.92 Å². The number of phenolic OH excluding ortho intramolecular Hbond substituents is 1. The second-order valence-corrected chi connectivity index (χ2v) is 9.74. The van der Waals surface area contributed by atoms with Gasteiger partial charge in [0, 0.05) is 26.5 Å². The minimum atomic E-state index is -0.516. The number of aliphatic hydroxyl groups excluding tert-OH is 1. The van der Waals surface area contributed by atoms with E-state index in [1.807, 2.05) is 0 Å². The Bertz CT molecular complexity index is 1070. The average Bonchev–Trinajstić information content (AvgIpc) is 2.83. The van der Waals surface area contributed by atoms with Gasteiger partial charge in [-0.3, -0.25) is 9.59 Å². The molecule has 0 spiro atoms. The van der Waals surface area contributed by atoms with Crippen molar-refractivity contribution in [2.75, 3.05) is 12.8 Å².